The number of rotatable bonds is 15. The molecule has 0 fully saturated rings. The van der Waals surface area contributed by atoms with E-state index < -0.39 is 0 Å². The second-order valence-corrected chi connectivity index (χ2v) is 5.70. The molecule has 0 aliphatic carbocycles. The van der Waals surface area contributed by atoms with Gasteiger partial charge in [-0.3, -0.25) is 0 Å². The Hall–Kier alpha value is -0.520. The highest BCUT2D eigenvalue weighted by Gasteiger charge is 1.93. The van der Waals surface area contributed by atoms with Gasteiger partial charge in [-0.2, -0.15) is 0 Å². The molecule has 0 N–H and O–H groups in total. The predicted octanol–water partition coefficient (Wildman–Crippen LogP) is 7.21. The molecule has 0 heterocycles. The van der Waals surface area contributed by atoms with Crippen molar-refractivity contribution in [3.05, 3.63) is 24.8 Å². The first-order valence-corrected chi connectivity index (χ1v) is 8.69. The van der Waals surface area contributed by atoms with Crippen molar-refractivity contribution < 1.29 is 0 Å². The van der Waals surface area contributed by atoms with Gasteiger partial charge in [0, 0.05) is 0 Å². The molecule has 0 aliphatic heterocycles. The van der Waals surface area contributed by atoms with Crippen LogP contribution >= 0.6 is 0 Å². The fourth-order valence-electron chi connectivity index (χ4n) is 2.47. The lowest BCUT2D eigenvalue weighted by atomic mass is 10.0. The lowest BCUT2D eigenvalue weighted by Gasteiger charge is -2.02. The SMILES string of the molecule is C=C/C=C/CCCCCCCCCCCCCCC. The van der Waals surface area contributed by atoms with Gasteiger partial charge in [0.2, 0.25) is 0 Å². The summed E-state index contributed by atoms with van der Waals surface area (Å²) in [5.74, 6) is 0. The molecular formula is C19H36. The van der Waals surface area contributed by atoms with Gasteiger partial charge in [-0.1, -0.05) is 109 Å². The highest BCUT2D eigenvalue weighted by molar-refractivity contribution is 4.96. The van der Waals surface area contributed by atoms with Crippen molar-refractivity contribution in [2.45, 2.75) is 96.8 Å². The molecule has 0 bridgehead atoms. The Morgan fingerprint density at radius 1 is 0.632 bits per heavy atom. The molecule has 19 heavy (non-hydrogen) atoms. The molecule has 0 nitrogen and oxygen atoms in total. The van der Waals surface area contributed by atoms with Crippen LogP contribution in [0.3, 0.4) is 0 Å². The molecule has 0 aromatic carbocycles. The van der Waals surface area contributed by atoms with Gasteiger partial charge in [0.25, 0.3) is 0 Å². The minimum Gasteiger partial charge on any atom is -0.0991 e. The van der Waals surface area contributed by atoms with Gasteiger partial charge in [0.15, 0.2) is 0 Å². The Balaban J connectivity index is 2.95. The van der Waals surface area contributed by atoms with Crippen molar-refractivity contribution in [3.8, 4) is 0 Å². The van der Waals surface area contributed by atoms with Gasteiger partial charge in [0.05, 0.1) is 0 Å². The van der Waals surface area contributed by atoms with Crippen LogP contribution in [0.2, 0.25) is 0 Å². The molecule has 0 unspecified atom stereocenters. The second kappa shape index (κ2) is 17.5. The zero-order chi connectivity index (χ0) is 14.0. The summed E-state index contributed by atoms with van der Waals surface area (Å²) < 4.78 is 0. The van der Waals surface area contributed by atoms with Gasteiger partial charge in [-0.25, -0.2) is 0 Å². The molecular weight excluding hydrogens is 228 g/mol. The molecule has 0 atom stereocenters. The zero-order valence-electron chi connectivity index (χ0n) is 13.3. The Morgan fingerprint density at radius 3 is 1.47 bits per heavy atom. The average molecular weight is 264 g/mol. The van der Waals surface area contributed by atoms with Crippen molar-refractivity contribution in [1.82, 2.24) is 0 Å². The number of allylic oxidation sites excluding steroid dienone is 3. The molecule has 112 valence electrons. The van der Waals surface area contributed by atoms with E-state index in [-0.39, 0.29) is 0 Å². The Bertz CT molecular complexity index is 190. The summed E-state index contributed by atoms with van der Waals surface area (Å²) in [4.78, 5) is 0. The lowest BCUT2D eigenvalue weighted by molar-refractivity contribution is 0.540. The molecule has 0 radical (unpaired) electrons. The van der Waals surface area contributed by atoms with Crippen molar-refractivity contribution in [3.63, 3.8) is 0 Å². The van der Waals surface area contributed by atoms with Crippen LogP contribution in [0, 0.1) is 0 Å². The van der Waals surface area contributed by atoms with E-state index in [4.69, 9.17) is 0 Å². The summed E-state index contributed by atoms with van der Waals surface area (Å²) in [6.45, 7) is 5.96. The second-order valence-electron chi connectivity index (χ2n) is 5.70. The normalized spacial score (nSPS) is 11.2. The van der Waals surface area contributed by atoms with Crippen LogP contribution in [0.1, 0.15) is 96.8 Å². The Kier molecular flexibility index (Phi) is 17.0. The monoisotopic (exact) mass is 264 g/mol. The molecule has 0 aromatic heterocycles. The summed E-state index contributed by atoms with van der Waals surface area (Å²) >= 11 is 0. The first-order valence-electron chi connectivity index (χ1n) is 8.69. The minimum absolute atomic E-state index is 1.23. The number of unbranched alkanes of at least 4 members (excludes halogenated alkanes) is 13. The topological polar surface area (TPSA) is 0 Å². The van der Waals surface area contributed by atoms with Crippen LogP contribution in [0.5, 0.6) is 0 Å². The number of hydrogen-bond acceptors (Lipinski definition) is 0. The average Bonchev–Trinajstić information content (AvgIpc) is 2.43. The molecule has 0 rings (SSSR count). The Morgan fingerprint density at radius 2 is 1.05 bits per heavy atom. The van der Waals surface area contributed by atoms with E-state index in [1.54, 1.807) is 0 Å². The Labute approximate surface area is 122 Å². The molecule has 0 saturated carbocycles. The van der Waals surface area contributed by atoms with Crippen molar-refractivity contribution in [2.24, 2.45) is 0 Å². The molecule has 0 spiro atoms. The summed E-state index contributed by atoms with van der Waals surface area (Å²) in [5.41, 5.74) is 0. The van der Waals surface area contributed by atoms with Crippen LogP contribution < -0.4 is 0 Å². The molecule has 0 aromatic rings. The van der Waals surface area contributed by atoms with Gasteiger partial charge in [-0.05, 0) is 12.8 Å². The maximum atomic E-state index is 3.68. The third-order valence-corrected chi connectivity index (χ3v) is 3.75. The van der Waals surface area contributed by atoms with Crippen LogP contribution in [0.25, 0.3) is 0 Å². The van der Waals surface area contributed by atoms with Gasteiger partial charge < -0.3 is 0 Å². The standard InChI is InChI=1S/C19H36/c1-3-5-7-9-11-13-15-17-19-18-16-14-12-10-8-6-4-2/h3,5,7H,1,4,6,8-19H2,2H3/b7-5+. The minimum atomic E-state index is 1.23. The predicted molar refractivity (Wildman–Crippen MR) is 89.6 cm³/mol. The summed E-state index contributed by atoms with van der Waals surface area (Å²) in [6.07, 6.45) is 26.0. The van der Waals surface area contributed by atoms with E-state index in [9.17, 15) is 0 Å². The van der Waals surface area contributed by atoms with Crippen molar-refractivity contribution in [2.75, 3.05) is 0 Å². The fourth-order valence-corrected chi connectivity index (χ4v) is 2.47. The summed E-state index contributed by atoms with van der Waals surface area (Å²) in [6, 6.07) is 0. The zero-order valence-corrected chi connectivity index (χ0v) is 13.3. The van der Waals surface area contributed by atoms with E-state index in [0.717, 1.165) is 0 Å². The quantitative estimate of drug-likeness (QED) is 0.216. The first-order chi connectivity index (χ1) is 9.41. The molecule has 0 heteroatoms. The van der Waals surface area contributed by atoms with Gasteiger partial charge in [-0.15, -0.1) is 0 Å². The first kappa shape index (κ1) is 18.5. The van der Waals surface area contributed by atoms with Crippen molar-refractivity contribution >= 4 is 0 Å². The van der Waals surface area contributed by atoms with E-state index in [1.165, 1.54) is 89.9 Å². The smallest absolute Gasteiger partial charge is 0.0348 e. The third kappa shape index (κ3) is 17.5. The van der Waals surface area contributed by atoms with Crippen LogP contribution in [0.15, 0.2) is 24.8 Å². The van der Waals surface area contributed by atoms with Crippen LogP contribution in [0.4, 0.5) is 0 Å². The largest absolute Gasteiger partial charge is 0.0991 e. The van der Waals surface area contributed by atoms with Crippen molar-refractivity contribution in [1.29, 1.82) is 0 Å². The maximum absolute atomic E-state index is 3.68. The summed E-state index contributed by atoms with van der Waals surface area (Å²) in [5, 5.41) is 0. The van der Waals surface area contributed by atoms with E-state index in [1.807, 2.05) is 6.08 Å². The molecule has 0 saturated heterocycles. The van der Waals surface area contributed by atoms with Gasteiger partial charge in [0.1, 0.15) is 0 Å². The molecule has 0 amide bonds. The maximum Gasteiger partial charge on any atom is -0.0348 e. The van der Waals surface area contributed by atoms with E-state index in [2.05, 4.69) is 25.7 Å². The highest BCUT2D eigenvalue weighted by atomic mass is 14.0. The van der Waals surface area contributed by atoms with Crippen LogP contribution in [-0.2, 0) is 0 Å². The van der Waals surface area contributed by atoms with E-state index >= 15 is 0 Å². The summed E-state index contributed by atoms with van der Waals surface area (Å²) in [7, 11) is 0. The third-order valence-electron chi connectivity index (χ3n) is 3.75. The number of hydrogen-bond donors (Lipinski definition) is 0. The van der Waals surface area contributed by atoms with E-state index in [0.29, 0.717) is 0 Å². The van der Waals surface area contributed by atoms with Crippen LogP contribution in [-0.4, -0.2) is 0 Å². The fraction of sp³-hybridized carbons (Fsp3) is 0.789. The molecule has 0 aliphatic rings. The highest BCUT2D eigenvalue weighted by Crippen LogP contribution is 2.12. The van der Waals surface area contributed by atoms with Gasteiger partial charge >= 0.3 is 0 Å². The lowest BCUT2D eigenvalue weighted by Crippen LogP contribution is -1.82.